The number of hydrogen-bond donors (Lipinski definition) is 1. The summed E-state index contributed by atoms with van der Waals surface area (Å²) in [6.07, 6.45) is 1.16. The van der Waals surface area contributed by atoms with Crippen molar-refractivity contribution in [2.75, 3.05) is 27.7 Å². The van der Waals surface area contributed by atoms with Gasteiger partial charge in [-0.3, -0.25) is 0 Å². The topological polar surface area (TPSA) is 24.5 Å². The Labute approximate surface area is 105 Å². The van der Waals surface area contributed by atoms with Crippen LogP contribution in [0.25, 0.3) is 0 Å². The summed E-state index contributed by atoms with van der Waals surface area (Å²) in [5.41, 5.74) is 1.32. The van der Waals surface area contributed by atoms with E-state index in [1.807, 2.05) is 19.2 Å². The Kier molecular flexibility index (Phi) is 6.01. The van der Waals surface area contributed by atoms with Crippen molar-refractivity contribution in [1.82, 2.24) is 10.2 Å². The first-order chi connectivity index (χ1) is 8.19. The number of hydrogen-bond acceptors (Lipinski definition) is 3. The zero-order valence-corrected chi connectivity index (χ0v) is 11.4. The average molecular weight is 236 g/mol. The van der Waals surface area contributed by atoms with Gasteiger partial charge in [-0.05, 0) is 38.2 Å². The molecular formula is C14H24N2O. The van der Waals surface area contributed by atoms with E-state index >= 15 is 0 Å². The van der Waals surface area contributed by atoms with Gasteiger partial charge in [-0.1, -0.05) is 19.1 Å². The van der Waals surface area contributed by atoms with E-state index in [1.54, 1.807) is 7.11 Å². The predicted octanol–water partition coefficient (Wildman–Crippen LogP) is 2.12. The Morgan fingerprint density at radius 1 is 1.29 bits per heavy atom. The maximum absolute atomic E-state index is 5.15. The van der Waals surface area contributed by atoms with Crippen LogP contribution < -0.4 is 10.1 Å². The zero-order chi connectivity index (χ0) is 12.7. The normalized spacial score (nSPS) is 12.8. The molecule has 0 spiro atoms. The summed E-state index contributed by atoms with van der Waals surface area (Å²) < 4.78 is 5.15. The standard InChI is InChI=1S/C14H24N2O/c1-5-13(15-2)11-16(3)10-12-6-8-14(17-4)9-7-12/h6-9,13,15H,5,10-11H2,1-4H3. The summed E-state index contributed by atoms with van der Waals surface area (Å²) in [5, 5.41) is 3.32. The fourth-order valence-electron chi connectivity index (χ4n) is 1.91. The quantitative estimate of drug-likeness (QED) is 0.785. The van der Waals surface area contributed by atoms with Crippen molar-refractivity contribution in [2.24, 2.45) is 0 Å². The molecule has 1 unspecified atom stereocenters. The molecule has 0 amide bonds. The molecule has 0 saturated heterocycles. The summed E-state index contributed by atoms with van der Waals surface area (Å²) in [7, 11) is 5.87. The molecule has 17 heavy (non-hydrogen) atoms. The van der Waals surface area contributed by atoms with E-state index in [4.69, 9.17) is 4.74 Å². The molecule has 1 aromatic rings. The summed E-state index contributed by atoms with van der Waals surface area (Å²) in [6.45, 7) is 4.25. The first-order valence-corrected chi connectivity index (χ1v) is 6.18. The Morgan fingerprint density at radius 3 is 2.41 bits per heavy atom. The van der Waals surface area contributed by atoms with Gasteiger partial charge in [0.1, 0.15) is 5.75 Å². The fourth-order valence-corrected chi connectivity index (χ4v) is 1.91. The van der Waals surface area contributed by atoms with Gasteiger partial charge in [-0.25, -0.2) is 0 Å². The molecule has 0 bridgehead atoms. The largest absolute Gasteiger partial charge is 0.497 e. The van der Waals surface area contributed by atoms with Gasteiger partial charge in [-0.15, -0.1) is 0 Å². The Balaban J connectivity index is 2.46. The summed E-state index contributed by atoms with van der Waals surface area (Å²) in [5.74, 6) is 0.915. The van der Waals surface area contributed by atoms with Crippen LogP contribution in [-0.4, -0.2) is 38.7 Å². The van der Waals surface area contributed by atoms with E-state index in [1.165, 1.54) is 5.56 Å². The second-order valence-electron chi connectivity index (χ2n) is 4.44. The molecule has 1 atom stereocenters. The highest BCUT2D eigenvalue weighted by atomic mass is 16.5. The SMILES string of the molecule is CCC(CN(C)Cc1ccc(OC)cc1)NC. The molecule has 0 saturated carbocycles. The molecule has 0 aliphatic heterocycles. The monoisotopic (exact) mass is 236 g/mol. The summed E-state index contributed by atoms with van der Waals surface area (Å²) in [6, 6.07) is 8.83. The average Bonchev–Trinajstić information content (AvgIpc) is 2.37. The van der Waals surface area contributed by atoms with E-state index in [2.05, 4.69) is 36.3 Å². The minimum absolute atomic E-state index is 0.568. The fraction of sp³-hybridized carbons (Fsp3) is 0.571. The van der Waals surface area contributed by atoms with Crippen LogP contribution in [0.5, 0.6) is 5.75 Å². The number of methoxy groups -OCH3 is 1. The van der Waals surface area contributed by atoms with Crippen molar-refractivity contribution < 1.29 is 4.74 Å². The number of ether oxygens (including phenoxy) is 1. The molecule has 96 valence electrons. The second kappa shape index (κ2) is 7.30. The zero-order valence-electron chi connectivity index (χ0n) is 11.4. The molecule has 0 aliphatic rings. The van der Waals surface area contributed by atoms with Crippen LogP contribution in [0.1, 0.15) is 18.9 Å². The number of rotatable bonds is 7. The highest BCUT2D eigenvalue weighted by Crippen LogP contribution is 2.12. The van der Waals surface area contributed by atoms with Gasteiger partial charge in [0.25, 0.3) is 0 Å². The third-order valence-electron chi connectivity index (χ3n) is 3.04. The van der Waals surface area contributed by atoms with Gasteiger partial charge in [-0.2, -0.15) is 0 Å². The van der Waals surface area contributed by atoms with Crippen molar-refractivity contribution in [3.05, 3.63) is 29.8 Å². The lowest BCUT2D eigenvalue weighted by Crippen LogP contribution is -2.36. The van der Waals surface area contributed by atoms with Gasteiger partial charge in [0.05, 0.1) is 7.11 Å². The Bertz CT molecular complexity index is 307. The first kappa shape index (κ1) is 14.0. The van der Waals surface area contributed by atoms with E-state index in [9.17, 15) is 0 Å². The lowest BCUT2D eigenvalue weighted by Gasteiger charge is -2.22. The van der Waals surface area contributed by atoms with Crippen LogP contribution in [0.4, 0.5) is 0 Å². The van der Waals surface area contributed by atoms with Crippen LogP contribution in [0.2, 0.25) is 0 Å². The lowest BCUT2D eigenvalue weighted by atomic mass is 10.2. The molecule has 3 nitrogen and oxygen atoms in total. The van der Waals surface area contributed by atoms with E-state index in [-0.39, 0.29) is 0 Å². The van der Waals surface area contributed by atoms with Gasteiger partial charge in [0.15, 0.2) is 0 Å². The number of nitrogens with one attached hydrogen (secondary N) is 1. The van der Waals surface area contributed by atoms with Crippen molar-refractivity contribution >= 4 is 0 Å². The van der Waals surface area contributed by atoms with Crippen LogP contribution in [-0.2, 0) is 6.54 Å². The molecule has 1 N–H and O–H groups in total. The maximum Gasteiger partial charge on any atom is 0.118 e. The smallest absolute Gasteiger partial charge is 0.118 e. The number of nitrogens with zero attached hydrogens (tertiary/aromatic N) is 1. The van der Waals surface area contributed by atoms with Gasteiger partial charge in [0, 0.05) is 19.1 Å². The summed E-state index contributed by atoms with van der Waals surface area (Å²) >= 11 is 0. The molecule has 0 aromatic heterocycles. The van der Waals surface area contributed by atoms with Crippen molar-refractivity contribution in [1.29, 1.82) is 0 Å². The molecular weight excluding hydrogens is 212 g/mol. The molecule has 1 aromatic carbocycles. The van der Waals surface area contributed by atoms with Crippen molar-refractivity contribution in [3.63, 3.8) is 0 Å². The Hall–Kier alpha value is -1.06. The number of likely N-dealkylation sites (N-methyl/N-ethyl adjacent to an activating group) is 2. The van der Waals surface area contributed by atoms with Crippen LogP contribution in [0, 0.1) is 0 Å². The van der Waals surface area contributed by atoms with E-state index < -0.39 is 0 Å². The molecule has 0 aliphatic carbocycles. The molecule has 1 rings (SSSR count). The lowest BCUT2D eigenvalue weighted by molar-refractivity contribution is 0.284. The molecule has 0 fully saturated rings. The third-order valence-corrected chi connectivity index (χ3v) is 3.04. The van der Waals surface area contributed by atoms with Crippen molar-refractivity contribution in [2.45, 2.75) is 25.9 Å². The van der Waals surface area contributed by atoms with Gasteiger partial charge >= 0.3 is 0 Å². The van der Waals surface area contributed by atoms with E-state index in [0.29, 0.717) is 6.04 Å². The van der Waals surface area contributed by atoms with Gasteiger partial charge < -0.3 is 15.0 Å². The predicted molar refractivity (Wildman–Crippen MR) is 72.5 cm³/mol. The molecule has 0 heterocycles. The maximum atomic E-state index is 5.15. The Morgan fingerprint density at radius 2 is 1.94 bits per heavy atom. The minimum Gasteiger partial charge on any atom is -0.497 e. The van der Waals surface area contributed by atoms with Gasteiger partial charge in [0.2, 0.25) is 0 Å². The summed E-state index contributed by atoms with van der Waals surface area (Å²) in [4.78, 5) is 2.34. The van der Waals surface area contributed by atoms with Crippen LogP contribution >= 0.6 is 0 Å². The van der Waals surface area contributed by atoms with Crippen LogP contribution in [0.15, 0.2) is 24.3 Å². The highest BCUT2D eigenvalue weighted by Gasteiger charge is 2.07. The molecule has 0 radical (unpaired) electrons. The highest BCUT2D eigenvalue weighted by molar-refractivity contribution is 5.27. The van der Waals surface area contributed by atoms with E-state index in [0.717, 1.165) is 25.3 Å². The van der Waals surface area contributed by atoms with Crippen molar-refractivity contribution in [3.8, 4) is 5.75 Å². The molecule has 3 heteroatoms. The number of benzene rings is 1. The third kappa shape index (κ3) is 4.75. The van der Waals surface area contributed by atoms with Crippen LogP contribution in [0.3, 0.4) is 0 Å². The minimum atomic E-state index is 0.568. The first-order valence-electron chi connectivity index (χ1n) is 6.18. The second-order valence-corrected chi connectivity index (χ2v) is 4.44.